The Balaban J connectivity index is 0. The van der Waals surface area contributed by atoms with Crippen LogP contribution in [0.2, 0.25) is 0 Å². The maximum atomic E-state index is 11.2. The third kappa shape index (κ3) is 4.47. The SMILES string of the molecule is O.O=[N+]([O-])c1ccccc1S(=O)(=O)[N-]Br.[K+]. The van der Waals surface area contributed by atoms with E-state index in [-0.39, 0.29) is 56.9 Å². The van der Waals surface area contributed by atoms with Gasteiger partial charge in [-0.2, -0.15) is 0 Å². The second-order valence-corrected chi connectivity index (χ2v) is 4.67. The standard InChI is InChI=1S/C6H4BrN2O4S.K.H2O/c7-8-14(12,13)6-4-2-1-3-5(6)9(10)11;;/h1-4H;;1H2/q-1;+1;. The van der Waals surface area contributed by atoms with E-state index in [2.05, 4.69) is 19.9 Å². The van der Waals surface area contributed by atoms with Crippen LogP contribution in [-0.2, 0) is 10.0 Å². The van der Waals surface area contributed by atoms with Crippen LogP contribution in [0.15, 0.2) is 29.2 Å². The molecule has 2 N–H and O–H groups in total. The summed E-state index contributed by atoms with van der Waals surface area (Å²) < 4.78 is 25.3. The fourth-order valence-electron chi connectivity index (χ4n) is 0.863. The molecule has 0 saturated heterocycles. The summed E-state index contributed by atoms with van der Waals surface area (Å²) in [5.41, 5.74) is -0.490. The monoisotopic (exact) mass is 336 g/mol. The van der Waals surface area contributed by atoms with Crippen molar-refractivity contribution in [2.45, 2.75) is 4.90 Å². The van der Waals surface area contributed by atoms with E-state index in [1.807, 2.05) is 0 Å². The van der Waals surface area contributed by atoms with Gasteiger partial charge in [-0.15, -0.1) is 0 Å². The second-order valence-electron chi connectivity index (χ2n) is 2.27. The minimum Gasteiger partial charge on any atom is -0.480 e. The molecule has 1 aromatic rings. The van der Waals surface area contributed by atoms with Crippen LogP contribution in [0.5, 0.6) is 0 Å². The van der Waals surface area contributed by atoms with Gasteiger partial charge in [-0.3, -0.25) is 10.1 Å². The Labute approximate surface area is 143 Å². The normalized spacial score (nSPS) is 9.81. The van der Waals surface area contributed by atoms with Gasteiger partial charge in [0.25, 0.3) is 5.69 Å². The number of nitrogens with zero attached hydrogens (tertiary/aromatic N) is 2. The summed E-state index contributed by atoms with van der Waals surface area (Å²) in [6.07, 6.45) is 0. The number of hydrogen-bond donors (Lipinski definition) is 0. The van der Waals surface area contributed by atoms with Crippen LogP contribution in [0.1, 0.15) is 0 Å². The molecule has 0 heterocycles. The van der Waals surface area contributed by atoms with E-state index in [0.717, 1.165) is 12.1 Å². The van der Waals surface area contributed by atoms with Crippen LogP contribution in [-0.4, -0.2) is 18.8 Å². The minimum absolute atomic E-state index is 0. The van der Waals surface area contributed by atoms with Gasteiger partial charge in [0, 0.05) is 6.07 Å². The van der Waals surface area contributed by atoms with Gasteiger partial charge in [-0.1, -0.05) is 12.1 Å². The molecule has 1 rings (SSSR count). The molecule has 16 heavy (non-hydrogen) atoms. The Kier molecular flexibility index (Phi) is 9.29. The van der Waals surface area contributed by atoms with Crippen LogP contribution in [0, 0.1) is 10.1 Å². The summed E-state index contributed by atoms with van der Waals surface area (Å²) in [6.45, 7) is 0. The van der Waals surface area contributed by atoms with Crippen LogP contribution in [0.25, 0.3) is 3.75 Å². The number of para-hydroxylation sites is 1. The summed E-state index contributed by atoms with van der Waals surface area (Å²) >= 11 is 2.41. The Morgan fingerprint density at radius 2 is 1.81 bits per heavy atom. The van der Waals surface area contributed by atoms with E-state index >= 15 is 0 Å². The van der Waals surface area contributed by atoms with Crippen molar-refractivity contribution in [3.63, 3.8) is 0 Å². The Morgan fingerprint density at radius 3 is 2.25 bits per heavy atom. The molecule has 10 heteroatoms. The summed E-state index contributed by atoms with van der Waals surface area (Å²) in [6, 6.07) is 4.99. The zero-order valence-electron chi connectivity index (χ0n) is 8.12. The van der Waals surface area contributed by atoms with Crippen molar-refractivity contribution < 1.29 is 70.2 Å². The molecule has 0 radical (unpaired) electrons. The van der Waals surface area contributed by atoms with Gasteiger partial charge in [-0.25, -0.2) is 24.6 Å². The maximum Gasteiger partial charge on any atom is 1.00 e. The zero-order valence-corrected chi connectivity index (χ0v) is 13.6. The van der Waals surface area contributed by atoms with Gasteiger partial charge >= 0.3 is 51.4 Å². The van der Waals surface area contributed by atoms with Gasteiger partial charge in [0.1, 0.15) is 14.9 Å². The van der Waals surface area contributed by atoms with Crippen molar-refractivity contribution in [1.82, 2.24) is 0 Å². The van der Waals surface area contributed by atoms with Crippen LogP contribution in [0.3, 0.4) is 0 Å². The summed E-state index contributed by atoms with van der Waals surface area (Å²) in [5, 5.41) is 10.5. The minimum atomic E-state index is -3.97. The van der Waals surface area contributed by atoms with E-state index in [1.165, 1.54) is 12.1 Å². The molecule has 0 fully saturated rings. The van der Waals surface area contributed by atoms with Crippen LogP contribution >= 0.6 is 16.1 Å². The van der Waals surface area contributed by atoms with Gasteiger partial charge in [0.2, 0.25) is 0 Å². The molecule has 0 saturated carbocycles. The van der Waals surface area contributed by atoms with E-state index in [9.17, 15) is 18.5 Å². The Hall–Kier alpha value is 0.606. The van der Waals surface area contributed by atoms with Gasteiger partial charge in [0.15, 0.2) is 0 Å². The first-order valence-electron chi connectivity index (χ1n) is 3.31. The molecule has 7 nitrogen and oxygen atoms in total. The number of nitro groups is 1. The number of benzene rings is 1. The van der Waals surface area contributed by atoms with E-state index in [4.69, 9.17) is 0 Å². The quantitative estimate of drug-likeness (QED) is 0.365. The molecule has 0 atom stereocenters. The van der Waals surface area contributed by atoms with Crippen molar-refractivity contribution in [3.05, 3.63) is 38.1 Å². The maximum absolute atomic E-state index is 11.2. The fraction of sp³-hybridized carbons (Fsp3) is 0. The van der Waals surface area contributed by atoms with Crippen molar-refractivity contribution >= 4 is 31.9 Å². The van der Waals surface area contributed by atoms with E-state index in [1.54, 1.807) is 0 Å². The van der Waals surface area contributed by atoms with Gasteiger partial charge < -0.3 is 9.22 Å². The molecule has 0 aromatic heterocycles. The van der Waals surface area contributed by atoms with E-state index in [0.29, 0.717) is 0 Å². The number of nitro benzene ring substituents is 1. The van der Waals surface area contributed by atoms with E-state index < -0.39 is 25.5 Å². The van der Waals surface area contributed by atoms with Crippen molar-refractivity contribution in [2.75, 3.05) is 0 Å². The summed E-state index contributed by atoms with van der Waals surface area (Å²) in [7, 11) is -3.97. The second kappa shape index (κ2) is 7.84. The van der Waals surface area contributed by atoms with Crippen molar-refractivity contribution in [2.24, 2.45) is 0 Å². The largest absolute Gasteiger partial charge is 1.00 e. The predicted octanol–water partition coefficient (Wildman–Crippen LogP) is -1.85. The molecule has 0 bridgehead atoms. The first-order valence-corrected chi connectivity index (χ1v) is 5.45. The Morgan fingerprint density at radius 1 is 1.31 bits per heavy atom. The average molecular weight is 337 g/mol. The first-order chi connectivity index (χ1) is 6.49. The predicted molar refractivity (Wildman–Crippen MR) is 56.2 cm³/mol. The Bertz CT molecular complexity index is 466. The smallest absolute Gasteiger partial charge is 0.480 e. The van der Waals surface area contributed by atoms with Crippen molar-refractivity contribution in [3.8, 4) is 0 Å². The molecule has 0 aliphatic carbocycles. The molecule has 84 valence electrons. The fourth-order valence-corrected chi connectivity index (χ4v) is 2.06. The summed E-state index contributed by atoms with van der Waals surface area (Å²) in [4.78, 5) is 9.27. The summed E-state index contributed by atoms with van der Waals surface area (Å²) in [5.74, 6) is 0. The average Bonchev–Trinajstić information content (AvgIpc) is 2.18. The number of halogens is 1. The molecule has 0 unspecified atom stereocenters. The van der Waals surface area contributed by atoms with Crippen LogP contribution in [0.4, 0.5) is 5.69 Å². The van der Waals surface area contributed by atoms with Crippen LogP contribution < -0.4 is 51.4 Å². The van der Waals surface area contributed by atoms with Crippen molar-refractivity contribution in [1.29, 1.82) is 0 Å². The molecule has 0 spiro atoms. The topological polar surface area (TPSA) is 123 Å². The third-order valence-corrected chi connectivity index (χ3v) is 3.66. The van der Waals surface area contributed by atoms with Gasteiger partial charge in [-0.05, 0) is 6.07 Å². The molecule has 1 aromatic carbocycles. The van der Waals surface area contributed by atoms with Gasteiger partial charge in [0.05, 0.1) is 4.92 Å². The number of rotatable bonds is 3. The molecule has 0 amide bonds. The molecule has 0 aliphatic heterocycles. The molecular formula is C6H6BrKN2O5S. The zero-order chi connectivity index (χ0) is 10.8. The number of hydrogen-bond acceptors (Lipinski definition) is 4. The number of sulfonamides is 1. The molecule has 0 aliphatic rings. The first kappa shape index (κ1) is 19.0. The molecular weight excluding hydrogens is 331 g/mol. The third-order valence-electron chi connectivity index (χ3n) is 1.43.